The Morgan fingerprint density at radius 2 is 1.61 bits per heavy atom. The van der Waals surface area contributed by atoms with Crippen LogP contribution in [0.1, 0.15) is 27.8 Å². The van der Waals surface area contributed by atoms with Crippen LogP contribution in [0.4, 0.5) is 11.4 Å². The van der Waals surface area contributed by atoms with Crippen LogP contribution in [0.25, 0.3) is 0 Å². The van der Waals surface area contributed by atoms with Gasteiger partial charge in [0.2, 0.25) is 0 Å². The molecule has 163 valence electrons. The van der Waals surface area contributed by atoms with Crippen LogP contribution in [0.15, 0.2) is 101 Å². The number of para-hydroxylation sites is 2. The molecule has 0 saturated heterocycles. The monoisotopic (exact) mass is 682 g/mol. The molecule has 0 aromatic heterocycles. The number of benzene rings is 4. The van der Waals surface area contributed by atoms with Crippen molar-refractivity contribution in [3.63, 3.8) is 0 Å². The van der Waals surface area contributed by atoms with E-state index in [4.69, 9.17) is 0 Å². The third kappa shape index (κ3) is 7.44. The fourth-order valence-electron chi connectivity index (χ4n) is 3.32. The molecule has 0 spiro atoms. The van der Waals surface area contributed by atoms with Gasteiger partial charge >= 0.3 is 21.1 Å². The first-order chi connectivity index (χ1) is 15.2. The summed E-state index contributed by atoms with van der Waals surface area (Å²) < 4.78 is 0. The molecule has 0 bridgehead atoms. The predicted octanol–water partition coefficient (Wildman–Crippen LogP) is 6.76. The van der Waals surface area contributed by atoms with Crippen molar-refractivity contribution in [3.05, 3.63) is 138 Å². The van der Waals surface area contributed by atoms with Gasteiger partial charge in [-0.15, -0.1) is 59.9 Å². The maximum atomic E-state index is 4.61. The Bertz CT molecular complexity index is 1200. The molecule has 0 saturated carbocycles. The second-order valence-corrected chi connectivity index (χ2v) is 7.22. The molecule has 33 heavy (non-hydrogen) atoms. The zero-order valence-electron chi connectivity index (χ0n) is 18.4. The Balaban J connectivity index is 0.000000220. The average molecular weight is 682 g/mol. The summed E-state index contributed by atoms with van der Waals surface area (Å²) in [5.41, 5.74) is 8.46. The molecule has 4 aromatic carbocycles. The standard InChI is InChI=1S/C15H12N.C14H10N.Pt.Y/c1-12-7-6-8-13(2)15(12)11-16-14-9-4-3-5-10-14;1-2-6-11(7-3-1)14-10-12-8-4-5-9-13(12)15-14;;/h3-9H,1H2,2H3;1-6,8-9H,10H2;;/q-3;-1;+2;. The summed E-state index contributed by atoms with van der Waals surface area (Å²) in [6.45, 7) is 5.99. The normalized spacial score (nSPS) is 11.4. The number of fused-ring (bicyclic) bond motifs is 1. The van der Waals surface area contributed by atoms with Crippen LogP contribution in [0.2, 0.25) is 0 Å². The van der Waals surface area contributed by atoms with Crippen LogP contribution >= 0.6 is 0 Å². The van der Waals surface area contributed by atoms with Gasteiger partial charge in [0.25, 0.3) is 0 Å². The Kier molecular flexibility index (Phi) is 11.1. The van der Waals surface area contributed by atoms with Gasteiger partial charge in [-0.3, -0.25) is 5.56 Å². The number of rotatable bonds is 3. The van der Waals surface area contributed by atoms with Crippen molar-refractivity contribution in [2.75, 3.05) is 0 Å². The maximum absolute atomic E-state index is 4.61. The largest absolute Gasteiger partial charge is 2.00 e. The van der Waals surface area contributed by atoms with E-state index in [-0.39, 0.29) is 53.8 Å². The predicted molar refractivity (Wildman–Crippen MR) is 129 cm³/mol. The van der Waals surface area contributed by atoms with Crippen LogP contribution in [-0.4, -0.2) is 11.9 Å². The first-order valence-electron chi connectivity index (χ1n) is 10.2. The Morgan fingerprint density at radius 3 is 2.27 bits per heavy atom. The quantitative estimate of drug-likeness (QED) is 0.169. The summed E-state index contributed by atoms with van der Waals surface area (Å²) in [5.74, 6) is 0. The summed E-state index contributed by atoms with van der Waals surface area (Å²) in [7, 11) is 0. The zero-order chi connectivity index (χ0) is 21.5. The molecule has 0 fully saturated rings. The second-order valence-electron chi connectivity index (χ2n) is 7.22. The van der Waals surface area contributed by atoms with E-state index in [0.717, 1.165) is 45.8 Å². The number of aliphatic imine (C=N–C) groups is 2. The fourth-order valence-corrected chi connectivity index (χ4v) is 3.32. The van der Waals surface area contributed by atoms with Crippen molar-refractivity contribution in [1.82, 2.24) is 0 Å². The van der Waals surface area contributed by atoms with Crippen molar-refractivity contribution in [1.29, 1.82) is 0 Å². The molecule has 5 rings (SSSR count). The van der Waals surface area contributed by atoms with Crippen molar-refractivity contribution in [2.24, 2.45) is 9.98 Å². The van der Waals surface area contributed by atoms with Gasteiger partial charge in [0.1, 0.15) is 0 Å². The number of hydrogen-bond acceptors (Lipinski definition) is 2. The number of hydrogen-bond donors (Lipinski definition) is 0. The fraction of sp³-hybridized carbons (Fsp3) is 0.0690. The Hall–Kier alpha value is -2.12. The summed E-state index contributed by atoms with van der Waals surface area (Å²) in [5, 5.41) is 0. The third-order valence-electron chi connectivity index (χ3n) is 4.96. The van der Waals surface area contributed by atoms with Crippen molar-refractivity contribution >= 4 is 23.3 Å². The van der Waals surface area contributed by atoms with Gasteiger partial charge in [0, 0.05) is 32.7 Å². The second kappa shape index (κ2) is 13.6. The molecule has 0 N–H and O–H groups in total. The van der Waals surface area contributed by atoms with Crippen molar-refractivity contribution in [3.8, 4) is 0 Å². The van der Waals surface area contributed by atoms with Gasteiger partial charge < -0.3 is 9.98 Å². The minimum atomic E-state index is 0. The molecule has 1 aliphatic rings. The van der Waals surface area contributed by atoms with Gasteiger partial charge in [-0.25, -0.2) is 24.6 Å². The molecule has 0 amide bonds. The SMILES string of the molecule is [CH2-]c1cccc(C)c1[C-]=Nc1[c-]cccc1.[Pt+2].[Y].[c-]1ccccc1C1=Nc2ccccc2C1. The molecule has 1 radical (unpaired) electrons. The third-order valence-corrected chi connectivity index (χ3v) is 4.96. The summed E-state index contributed by atoms with van der Waals surface area (Å²) in [4.78, 5) is 8.86. The van der Waals surface area contributed by atoms with Gasteiger partial charge in [-0.1, -0.05) is 25.1 Å². The molecule has 0 atom stereocenters. The van der Waals surface area contributed by atoms with Crippen LogP contribution in [-0.2, 0) is 60.2 Å². The van der Waals surface area contributed by atoms with E-state index in [0.29, 0.717) is 0 Å². The van der Waals surface area contributed by atoms with E-state index in [1.807, 2.05) is 73.7 Å². The summed E-state index contributed by atoms with van der Waals surface area (Å²) >= 11 is 0. The average Bonchev–Trinajstić information content (AvgIpc) is 3.25. The van der Waals surface area contributed by atoms with E-state index in [1.54, 1.807) is 0 Å². The van der Waals surface area contributed by atoms with Crippen molar-refractivity contribution < 1.29 is 53.8 Å². The molecule has 1 heterocycles. The maximum Gasteiger partial charge on any atom is 2.00 e. The Morgan fingerprint density at radius 1 is 0.879 bits per heavy atom. The van der Waals surface area contributed by atoms with Gasteiger partial charge in [-0.05, 0) is 23.8 Å². The zero-order valence-corrected chi connectivity index (χ0v) is 23.5. The topological polar surface area (TPSA) is 24.7 Å². The van der Waals surface area contributed by atoms with Gasteiger partial charge in [-0.2, -0.15) is 29.8 Å². The minimum Gasteiger partial charge on any atom is -0.392 e. The molecule has 0 aliphatic carbocycles. The van der Waals surface area contributed by atoms with Crippen LogP contribution < -0.4 is 0 Å². The Labute approximate surface area is 236 Å². The van der Waals surface area contributed by atoms with Crippen molar-refractivity contribution in [2.45, 2.75) is 13.3 Å². The summed E-state index contributed by atoms with van der Waals surface area (Å²) in [6, 6.07) is 36.1. The van der Waals surface area contributed by atoms with E-state index < -0.39 is 0 Å². The first-order valence-corrected chi connectivity index (χ1v) is 10.2. The van der Waals surface area contributed by atoms with Crippen LogP contribution in [0, 0.1) is 26.0 Å². The minimum absolute atomic E-state index is 0. The molecule has 4 heteroatoms. The van der Waals surface area contributed by atoms with E-state index in [1.165, 1.54) is 5.56 Å². The van der Waals surface area contributed by atoms with E-state index in [2.05, 4.69) is 59.5 Å². The molecular weight excluding hydrogens is 660 g/mol. The number of nitrogens with zero attached hydrogens (tertiary/aromatic N) is 2. The van der Waals surface area contributed by atoms with Crippen LogP contribution in [0.5, 0.6) is 0 Å². The number of aryl methyl sites for hydroxylation is 1. The first kappa shape index (κ1) is 27.1. The summed E-state index contributed by atoms with van der Waals surface area (Å²) in [6.07, 6.45) is 3.96. The molecule has 4 aromatic rings. The van der Waals surface area contributed by atoms with E-state index >= 15 is 0 Å². The smallest absolute Gasteiger partial charge is 0.392 e. The molecule has 2 nitrogen and oxygen atoms in total. The van der Waals surface area contributed by atoms with Gasteiger partial charge in [0.05, 0.1) is 5.69 Å². The molecular formula is C29H22N2PtY-2. The van der Waals surface area contributed by atoms with Gasteiger partial charge in [0.15, 0.2) is 0 Å². The van der Waals surface area contributed by atoms with E-state index in [9.17, 15) is 0 Å². The molecule has 1 aliphatic heterocycles. The molecule has 0 unspecified atom stereocenters. The van der Waals surface area contributed by atoms with Crippen LogP contribution in [0.3, 0.4) is 0 Å².